The summed E-state index contributed by atoms with van der Waals surface area (Å²) in [6.07, 6.45) is 0. The van der Waals surface area contributed by atoms with Crippen molar-refractivity contribution in [3.05, 3.63) is 108 Å². The molecule has 5 aromatic carbocycles. The first-order valence-corrected chi connectivity index (χ1v) is 11.7. The molecule has 1 heterocycles. The van der Waals surface area contributed by atoms with E-state index in [1.807, 2.05) is 0 Å². The Kier molecular flexibility index (Phi) is 3.60. The van der Waals surface area contributed by atoms with E-state index in [9.17, 15) is 0 Å². The molecule has 0 unspecified atom stereocenters. The molecule has 7 rings (SSSR count). The highest BCUT2D eigenvalue weighted by Gasteiger charge is 2.35. The van der Waals surface area contributed by atoms with Crippen LogP contribution < -0.4 is 0 Å². The van der Waals surface area contributed by atoms with Gasteiger partial charge in [-0.15, -0.1) is 0 Å². The minimum atomic E-state index is 0.00475. The molecule has 0 saturated carbocycles. The third-order valence-electron chi connectivity index (χ3n) is 7.79. The third kappa shape index (κ3) is 2.42. The second-order valence-electron chi connectivity index (χ2n) is 9.91. The molecule has 0 fully saturated rings. The van der Waals surface area contributed by atoms with Crippen LogP contribution in [0, 0.1) is 0 Å². The molecule has 1 aliphatic rings. The summed E-state index contributed by atoms with van der Waals surface area (Å²) in [7, 11) is 2.19. The fourth-order valence-corrected chi connectivity index (χ4v) is 6.05. The first-order chi connectivity index (χ1) is 16.0. The van der Waals surface area contributed by atoms with Crippen LogP contribution in [-0.2, 0) is 12.5 Å². The van der Waals surface area contributed by atoms with E-state index in [1.54, 1.807) is 0 Å². The lowest BCUT2D eigenvalue weighted by Gasteiger charge is -2.22. The Morgan fingerprint density at radius 2 is 1.27 bits per heavy atom. The Morgan fingerprint density at radius 3 is 2.12 bits per heavy atom. The summed E-state index contributed by atoms with van der Waals surface area (Å²) >= 11 is 0. The summed E-state index contributed by atoms with van der Waals surface area (Å²) in [6.45, 7) is 4.71. The molecule has 6 aromatic rings. The third-order valence-corrected chi connectivity index (χ3v) is 7.79. The minimum absolute atomic E-state index is 0.00475. The molecule has 1 heteroatoms. The van der Waals surface area contributed by atoms with Gasteiger partial charge in [-0.1, -0.05) is 86.6 Å². The molecular formula is C32H25N. The van der Waals surface area contributed by atoms with Crippen molar-refractivity contribution in [3.8, 4) is 22.3 Å². The number of nitrogens with zero attached hydrogens (tertiary/aromatic N) is 1. The Balaban J connectivity index is 1.53. The molecule has 0 bridgehead atoms. The molecule has 1 aromatic heterocycles. The van der Waals surface area contributed by atoms with E-state index >= 15 is 0 Å². The molecule has 0 spiro atoms. The van der Waals surface area contributed by atoms with Crippen molar-refractivity contribution in [3.63, 3.8) is 0 Å². The largest absolute Gasteiger partial charge is 0.344 e. The van der Waals surface area contributed by atoms with Gasteiger partial charge in [0, 0.05) is 34.3 Å². The molecule has 158 valence electrons. The zero-order valence-electron chi connectivity index (χ0n) is 19.2. The van der Waals surface area contributed by atoms with Gasteiger partial charge in [-0.25, -0.2) is 0 Å². The van der Waals surface area contributed by atoms with Crippen molar-refractivity contribution in [2.24, 2.45) is 7.05 Å². The van der Waals surface area contributed by atoms with Gasteiger partial charge in [0.05, 0.1) is 0 Å². The smallest absolute Gasteiger partial charge is 0.0495 e. The predicted octanol–water partition coefficient (Wildman–Crippen LogP) is 8.46. The van der Waals surface area contributed by atoms with Crippen LogP contribution in [0.3, 0.4) is 0 Å². The summed E-state index contributed by atoms with van der Waals surface area (Å²) in [4.78, 5) is 0. The Labute approximate surface area is 193 Å². The SMILES string of the molecule is Cn1c2cc3ccccc3cc2c2c(-c3ccc4c(c3)C(C)(C)c3ccccc3-4)cccc21. The Hall–Kier alpha value is -3.84. The number of aromatic nitrogens is 1. The molecule has 0 saturated heterocycles. The molecule has 0 aliphatic heterocycles. The summed E-state index contributed by atoms with van der Waals surface area (Å²) in [5.74, 6) is 0. The van der Waals surface area contributed by atoms with Crippen LogP contribution in [0.1, 0.15) is 25.0 Å². The van der Waals surface area contributed by atoms with Crippen LogP contribution in [0.4, 0.5) is 0 Å². The lowest BCUT2D eigenvalue weighted by atomic mass is 9.81. The van der Waals surface area contributed by atoms with Gasteiger partial charge >= 0.3 is 0 Å². The van der Waals surface area contributed by atoms with E-state index in [-0.39, 0.29) is 5.41 Å². The van der Waals surface area contributed by atoms with Crippen molar-refractivity contribution in [2.75, 3.05) is 0 Å². The summed E-state index contributed by atoms with van der Waals surface area (Å²) < 4.78 is 2.34. The van der Waals surface area contributed by atoms with Crippen LogP contribution in [0.5, 0.6) is 0 Å². The predicted molar refractivity (Wildman–Crippen MR) is 141 cm³/mol. The van der Waals surface area contributed by atoms with E-state index in [4.69, 9.17) is 0 Å². The number of fused-ring (bicyclic) bond motifs is 7. The van der Waals surface area contributed by atoms with Crippen LogP contribution >= 0.6 is 0 Å². The van der Waals surface area contributed by atoms with Crippen molar-refractivity contribution in [1.82, 2.24) is 4.57 Å². The summed E-state index contributed by atoms with van der Waals surface area (Å²) in [5.41, 5.74) is 10.8. The normalized spacial score (nSPS) is 14.2. The van der Waals surface area contributed by atoms with Gasteiger partial charge in [0.15, 0.2) is 0 Å². The van der Waals surface area contributed by atoms with Crippen LogP contribution in [0.2, 0.25) is 0 Å². The number of hydrogen-bond acceptors (Lipinski definition) is 0. The van der Waals surface area contributed by atoms with E-state index in [0.717, 1.165) is 0 Å². The molecule has 1 nitrogen and oxygen atoms in total. The summed E-state index contributed by atoms with van der Waals surface area (Å²) in [6, 6.07) is 36.0. The topological polar surface area (TPSA) is 4.93 Å². The first-order valence-electron chi connectivity index (χ1n) is 11.7. The van der Waals surface area contributed by atoms with E-state index in [2.05, 4.69) is 123 Å². The van der Waals surface area contributed by atoms with Crippen molar-refractivity contribution in [2.45, 2.75) is 19.3 Å². The van der Waals surface area contributed by atoms with Crippen LogP contribution in [-0.4, -0.2) is 4.57 Å². The quantitative estimate of drug-likeness (QED) is 0.250. The fourth-order valence-electron chi connectivity index (χ4n) is 6.05. The van der Waals surface area contributed by atoms with Gasteiger partial charge in [0.2, 0.25) is 0 Å². The lowest BCUT2D eigenvalue weighted by molar-refractivity contribution is 0.660. The Morgan fingerprint density at radius 1 is 0.576 bits per heavy atom. The Bertz CT molecular complexity index is 1750. The molecule has 33 heavy (non-hydrogen) atoms. The second kappa shape index (κ2) is 6.36. The standard InChI is InChI=1S/C32H25N/c1-32(2)27-13-7-6-11-24(27)25-16-15-22(18-28(25)32)23-12-8-14-29-31(23)26-17-20-9-4-5-10-21(20)19-30(26)33(29)3/h4-19H,1-3H3. The van der Waals surface area contributed by atoms with Gasteiger partial charge in [-0.05, 0) is 68.4 Å². The number of benzene rings is 5. The van der Waals surface area contributed by atoms with Gasteiger partial charge in [-0.2, -0.15) is 0 Å². The number of aryl methyl sites for hydroxylation is 1. The van der Waals surface area contributed by atoms with Gasteiger partial charge in [0.25, 0.3) is 0 Å². The highest BCUT2D eigenvalue weighted by Crippen LogP contribution is 2.50. The van der Waals surface area contributed by atoms with Crippen LogP contribution in [0.25, 0.3) is 54.8 Å². The monoisotopic (exact) mass is 423 g/mol. The zero-order valence-corrected chi connectivity index (χ0v) is 19.2. The maximum Gasteiger partial charge on any atom is 0.0495 e. The molecule has 0 radical (unpaired) electrons. The van der Waals surface area contributed by atoms with Crippen molar-refractivity contribution >= 4 is 32.6 Å². The molecule has 0 atom stereocenters. The maximum atomic E-state index is 2.43. The average molecular weight is 424 g/mol. The molecule has 1 aliphatic carbocycles. The molecule has 0 N–H and O–H groups in total. The first kappa shape index (κ1) is 18.7. The lowest BCUT2D eigenvalue weighted by Crippen LogP contribution is -2.14. The highest BCUT2D eigenvalue weighted by molar-refractivity contribution is 6.17. The average Bonchev–Trinajstić information content (AvgIpc) is 3.26. The van der Waals surface area contributed by atoms with Gasteiger partial charge in [0.1, 0.15) is 0 Å². The fraction of sp³-hybridized carbons (Fsp3) is 0.125. The summed E-state index contributed by atoms with van der Waals surface area (Å²) in [5, 5.41) is 5.24. The van der Waals surface area contributed by atoms with Crippen molar-refractivity contribution < 1.29 is 0 Å². The van der Waals surface area contributed by atoms with Gasteiger partial charge in [-0.3, -0.25) is 0 Å². The second-order valence-corrected chi connectivity index (χ2v) is 9.91. The molecule has 0 amide bonds. The van der Waals surface area contributed by atoms with Crippen LogP contribution in [0.15, 0.2) is 97.1 Å². The zero-order chi connectivity index (χ0) is 22.3. The number of rotatable bonds is 1. The highest BCUT2D eigenvalue weighted by atomic mass is 14.9. The number of hydrogen-bond donors (Lipinski definition) is 0. The maximum absolute atomic E-state index is 2.43. The van der Waals surface area contributed by atoms with Gasteiger partial charge < -0.3 is 4.57 Å². The molecular weight excluding hydrogens is 398 g/mol. The van der Waals surface area contributed by atoms with E-state index in [1.165, 1.54) is 66.0 Å². The van der Waals surface area contributed by atoms with Crippen molar-refractivity contribution in [1.29, 1.82) is 0 Å². The van der Waals surface area contributed by atoms with E-state index in [0.29, 0.717) is 0 Å². The van der Waals surface area contributed by atoms with E-state index < -0.39 is 0 Å². The minimum Gasteiger partial charge on any atom is -0.344 e.